The Labute approximate surface area is 162 Å². The zero-order valence-corrected chi connectivity index (χ0v) is 16.1. The van der Waals surface area contributed by atoms with Crippen LogP contribution in [0.1, 0.15) is 16.7 Å². The van der Waals surface area contributed by atoms with Crippen LogP contribution in [-0.2, 0) is 0 Å². The lowest BCUT2D eigenvalue weighted by molar-refractivity contribution is -0.383. The van der Waals surface area contributed by atoms with Crippen LogP contribution in [0.2, 0.25) is 0 Å². The topological polar surface area (TPSA) is 102 Å². The van der Waals surface area contributed by atoms with Gasteiger partial charge >= 0.3 is 5.69 Å². The van der Waals surface area contributed by atoms with E-state index in [-0.39, 0.29) is 17.3 Å². The number of ether oxygens (including phenoxy) is 1. The Morgan fingerprint density at radius 2 is 1.68 bits per heavy atom. The number of nitrogens with one attached hydrogen (secondary N) is 2. The summed E-state index contributed by atoms with van der Waals surface area (Å²) in [4.78, 5) is 19.4. The highest BCUT2D eigenvalue weighted by atomic mass is 16.6. The molecule has 0 amide bonds. The number of methoxy groups -OCH3 is 1. The molecule has 0 saturated heterocycles. The Hall–Kier alpha value is -3.68. The van der Waals surface area contributed by atoms with Gasteiger partial charge in [-0.2, -0.15) is 0 Å². The van der Waals surface area contributed by atoms with E-state index in [2.05, 4.69) is 20.6 Å². The second-order valence-corrected chi connectivity index (χ2v) is 6.43. The number of hydrogen-bond donors (Lipinski definition) is 2. The molecule has 0 unspecified atom stereocenters. The molecule has 3 rings (SSSR count). The van der Waals surface area contributed by atoms with Gasteiger partial charge in [0.15, 0.2) is 0 Å². The molecule has 144 valence electrons. The predicted molar refractivity (Wildman–Crippen MR) is 109 cm³/mol. The summed E-state index contributed by atoms with van der Waals surface area (Å²) in [5.41, 5.74) is 4.24. The molecule has 8 nitrogen and oxygen atoms in total. The third kappa shape index (κ3) is 4.01. The van der Waals surface area contributed by atoms with Crippen LogP contribution in [0.5, 0.6) is 5.75 Å². The van der Waals surface area contributed by atoms with Crippen molar-refractivity contribution in [2.75, 3.05) is 17.7 Å². The number of rotatable bonds is 6. The standard InChI is InChI=1S/C20H21N5O3/c1-12-5-8-17(28-4)16(9-12)24-20-18(25(26)27)19(21-11-22-20)23-15-7-6-13(2)14(3)10-15/h5-11H,1-4H3,(H2,21,22,23,24). The van der Waals surface area contributed by atoms with Gasteiger partial charge < -0.3 is 15.4 Å². The highest BCUT2D eigenvalue weighted by Crippen LogP contribution is 2.36. The molecule has 0 aliphatic carbocycles. The highest BCUT2D eigenvalue weighted by molar-refractivity contribution is 5.78. The molecule has 1 heterocycles. The van der Waals surface area contributed by atoms with Crippen molar-refractivity contribution in [2.24, 2.45) is 0 Å². The summed E-state index contributed by atoms with van der Waals surface area (Å²) in [6.07, 6.45) is 1.28. The van der Waals surface area contributed by atoms with E-state index >= 15 is 0 Å². The van der Waals surface area contributed by atoms with E-state index in [0.29, 0.717) is 17.1 Å². The summed E-state index contributed by atoms with van der Waals surface area (Å²) in [6, 6.07) is 11.2. The Balaban J connectivity index is 2.01. The van der Waals surface area contributed by atoms with Crippen LogP contribution >= 0.6 is 0 Å². The van der Waals surface area contributed by atoms with Gasteiger partial charge in [0, 0.05) is 5.69 Å². The average Bonchev–Trinajstić information content (AvgIpc) is 2.65. The van der Waals surface area contributed by atoms with Crippen LogP contribution in [0.25, 0.3) is 0 Å². The fourth-order valence-corrected chi connectivity index (χ4v) is 2.74. The first kappa shape index (κ1) is 19.1. The second-order valence-electron chi connectivity index (χ2n) is 6.43. The molecule has 28 heavy (non-hydrogen) atoms. The SMILES string of the molecule is COc1ccc(C)cc1Nc1ncnc(Nc2ccc(C)c(C)c2)c1[N+](=O)[O-]. The molecule has 0 spiro atoms. The predicted octanol–water partition coefficient (Wildman–Crippen LogP) is 4.81. The smallest absolute Gasteiger partial charge is 0.353 e. The van der Waals surface area contributed by atoms with E-state index in [1.807, 2.05) is 51.1 Å². The molecule has 0 fully saturated rings. The van der Waals surface area contributed by atoms with E-state index in [1.54, 1.807) is 6.07 Å². The average molecular weight is 379 g/mol. The lowest BCUT2D eigenvalue weighted by Crippen LogP contribution is -2.06. The van der Waals surface area contributed by atoms with Crippen LogP contribution in [0.4, 0.5) is 28.7 Å². The molecule has 0 aliphatic rings. The Bertz CT molecular complexity index is 1040. The molecular formula is C20H21N5O3. The summed E-state index contributed by atoms with van der Waals surface area (Å²) in [5, 5.41) is 17.8. The molecule has 0 radical (unpaired) electrons. The van der Waals surface area contributed by atoms with Gasteiger partial charge in [0.2, 0.25) is 11.6 Å². The van der Waals surface area contributed by atoms with Gasteiger partial charge in [-0.25, -0.2) is 9.97 Å². The molecule has 0 atom stereocenters. The quantitative estimate of drug-likeness (QED) is 0.468. The molecule has 8 heteroatoms. The van der Waals surface area contributed by atoms with Crippen molar-refractivity contribution in [3.63, 3.8) is 0 Å². The maximum atomic E-state index is 11.8. The van der Waals surface area contributed by atoms with Gasteiger partial charge in [0.1, 0.15) is 12.1 Å². The molecule has 1 aromatic heterocycles. The fraction of sp³-hybridized carbons (Fsp3) is 0.200. The van der Waals surface area contributed by atoms with Crippen LogP contribution in [0.15, 0.2) is 42.7 Å². The van der Waals surface area contributed by atoms with E-state index in [4.69, 9.17) is 4.74 Å². The second kappa shape index (κ2) is 7.91. The van der Waals surface area contributed by atoms with Crippen molar-refractivity contribution in [1.29, 1.82) is 0 Å². The first-order valence-corrected chi connectivity index (χ1v) is 8.64. The summed E-state index contributed by atoms with van der Waals surface area (Å²) < 4.78 is 5.33. The zero-order valence-electron chi connectivity index (χ0n) is 16.1. The maximum Gasteiger partial charge on any atom is 0.353 e. The number of aryl methyl sites for hydroxylation is 3. The Morgan fingerprint density at radius 1 is 0.964 bits per heavy atom. The highest BCUT2D eigenvalue weighted by Gasteiger charge is 2.24. The monoisotopic (exact) mass is 379 g/mol. The van der Waals surface area contributed by atoms with Crippen molar-refractivity contribution in [3.05, 3.63) is 69.5 Å². The molecule has 3 aromatic rings. The first-order valence-electron chi connectivity index (χ1n) is 8.64. The summed E-state index contributed by atoms with van der Waals surface area (Å²) >= 11 is 0. The lowest BCUT2D eigenvalue weighted by Gasteiger charge is -2.13. The summed E-state index contributed by atoms with van der Waals surface area (Å²) in [7, 11) is 1.54. The van der Waals surface area contributed by atoms with Crippen molar-refractivity contribution in [2.45, 2.75) is 20.8 Å². The van der Waals surface area contributed by atoms with Crippen molar-refractivity contribution >= 4 is 28.7 Å². The van der Waals surface area contributed by atoms with Gasteiger partial charge in [-0.3, -0.25) is 10.1 Å². The van der Waals surface area contributed by atoms with Gasteiger partial charge in [0.25, 0.3) is 0 Å². The van der Waals surface area contributed by atoms with Crippen LogP contribution in [0, 0.1) is 30.9 Å². The molecule has 0 saturated carbocycles. The minimum atomic E-state index is -0.506. The maximum absolute atomic E-state index is 11.8. The van der Waals surface area contributed by atoms with Crippen molar-refractivity contribution < 1.29 is 9.66 Å². The Morgan fingerprint density at radius 3 is 2.32 bits per heavy atom. The van der Waals surface area contributed by atoms with Crippen molar-refractivity contribution in [3.8, 4) is 5.75 Å². The first-order chi connectivity index (χ1) is 13.4. The number of anilines is 4. The summed E-state index contributed by atoms with van der Waals surface area (Å²) in [5.74, 6) is 0.745. The number of aromatic nitrogens is 2. The normalized spacial score (nSPS) is 10.4. The molecule has 0 bridgehead atoms. The van der Waals surface area contributed by atoms with Gasteiger partial charge in [-0.15, -0.1) is 0 Å². The largest absolute Gasteiger partial charge is 0.495 e. The number of hydrogen-bond acceptors (Lipinski definition) is 7. The molecular weight excluding hydrogens is 358 g/mol. The van der Waals surface area contributed by atoms with Gasteiger partial charge in [0.05, 0.1) is 17.7 Å². The van der Waals surface area contributed by atoms with Crippen LogP contribution in [-0.4, -0.2) is 22.0 Å². The number of nitrogens with zero attached hydrogens (tertiary/aromatic N) is 3. The third-order valence-electron chi connectivity index (χ3n) is 4.38. The fourth-order valence-electron chi connectivity index (χ4n) is 2.74. The lowest BCUT2D eigenvalue weighted by atomic mass is 10.1. The van der Waals surface area contributed by atoms with E-state index in [0.717, 1.165) is 16.7 Å². The van der Waals surface area contributed by atoms with Crippen LogP contribution < -0.4 is 15.4 Å². The molecule has 0 aliphatic heterocycles. The number of nitro groups is 1. The minimum Gasteiger partial charge on any atom is -0.495 e. The Kier molecular flexibility index (Phi) is 5.39. The third-order valence-corrected chi connectivity index (χ3v) is 4.38. The number of benzene rings is 2. The molecule has 2 N–H and O–H groups in total. The minimum absolute atomic E-state index is 0.0789. The van der Waals surface area contributed by atoms with E-state index in [9.17, 15) is 10.1 Å². The van der Waals surface area contributed by atoms with E-state index in [1.165, 1.54) is 13.4 Å². The molecule has 2 aromatic carbocycles. The summed E-state index contributed by atoms with van der Waals surface area (Å²) in [6.45, 7) is 5.90. The van der Waals surface area contributed by atoms with Crippen LogP contribution in [0.3, 0.4) is 0 Å². The zero-order chi connectivity index (χ0) is 20.3. The van der Waals surface area contributed by atoms with Gasteiger partial charge in [-0.1, -0.05) is 12.1 Å². The van der Waals surface area contributed by atoms with Gasteiger partial charge in [-0.05, 0) is 61.7 Å². The van der Waals surface area contributed by atoms with Crippen molar-refractivity contribution in [1.82, 2.24) is 9.97 Å². The van der Waals surface area contributed by atoms with E-state index < -0.39 is 4.92 Å².